The standard InChI is InChI=1S/C19H26N6O2/c1-23-17(20-8-5-19(23)26)12-24-9-6-15(7-10-24)25(14-3-4-14)16-11-18(27-2)22-13-21-16/h5,8,11,13-15H,3-4,6-7,9-10,12H2,1-2H3. The molecule has 0 aromatic carbocycles. The molecule has 8 nitrogen and oxygen atoms in total. The van der Waals surface area contributed by atoms with Crippen LogP contribution in [0.2, 0.25) is 0 Å². The first-order valence-corrected chi connectivity index (χ1v) is 9.53. The Balaban J connectivity index is 1.42. The predicted molar refractivity (Wildman–Crippen MR) is 102 cm³/mol. The van der Waals surface area contributed by atoms with Crippen LogP contribution in [0.5, 0.6) is 5.88 Å². The average Bonchev–Trinajstić information content (AvgIpc) is 3.52. The molecular formula is C19H26N6O2. The summed E-state index contributed by atoms with van der Waals surface area (Å²) < 4.78 is 6.91. The van der Waals surface area contributed by atoms with E-state index in [2.05, 4.69) is 24.8 Å². The van der Waals surface area contributed by atoms with Crippen molar-refractivity contribution >= 4 is 5.82 Å². The van der Waals surface area contributed by atoms with Gasteiger partial charge in [-0.1, -0.05) is 0 Å². The van der Waals surface area contributed by atoms with E-state index in [0.717, 1.165) is 37.6 Å². The van der Waals surface area contributed by atoms with Gasteiger partial charge in [-0.2, -0.15) is 0 Å². The van der Waals surface area contributed by atoms with Crippen LogP contribution in [0.25, 0.3) is 0 Å². The van der Waals surface area contributed by atoms with Crippen molar-refractivity contribution in [1.82, 2.24) is 24.4 Å². The number of ether oxygens (including phenoxy) is 1. The SMILES string of the molecule is COc1cc(N(C2CC2)C2CCN(Cc3nccc(=O)n3C)CC2)ncn1. The summed E-state index contributed by atoms with van der Waals surface area (Å²) in [6.45, 7) is 2.69. The molecule has 2 fully saturated rings. The largest absolute Gasteiger partial charge is 0.481 e. The van der Waals surface area contributed by atoms with E-state index in [1.54, 1.807) is 31.2 Å². The third-order valence-electron chi connectivity index (χ3n) is 5.52. The molecule has 1 saturated heterocycles. The number of likely N-dealkylation sites (tertiary alicyclic amines) is 1. The maximum absolute atomic E-state index is 11.8. The van der Waals surface area contributed by atoms with Crippen LogP contribution in [0.1, 0.15) is 31.5 Å². The van der Waals surface area contributed by atoms with Crippen molar-refractivity contribution in [2.45, 2.75) is 44.3 Å². The molecule has 3 heterocycles. The normalized spacial score (nSPS) is 18.4. The first-order valence-electron chi connectivity index (χ1n) is 9.53. The molecule has 1 aliphatic carbocycles. The van der Waals surface area contributed by atoms with E-state index in [1.807, 2.05) is 6.07 Å². The van der Waals surface area contributed by atoms with Gasteiger partial charge < -0.3 is 9.64 Å². The fraction of sp³-hybridized carbons (Fsp3) is 0.579. The molecule has 144 valence electrons. The van der Waals surface area contributed by atoms with E-state index in [1.165, 1.54) is 18.9 Å². The minimum absolute atomic E-state index is 0.00694. The zero-order valence-corrected chi connectivity index (χ0v) is 15.9. The molecule has 1 aliphatic heterocycles. The molecule has 0 radical (unpaired) electrons. The summed E-state index contributed by atoms with van der Waals surface area (Å²) in [5.74, 6) is 2.40. The van der Waals surface area contributed by atoms with Gasteiger partial charge in [0.2, 0.25) is 5.88 Å². The molecule has 8 heteroatoms. The lowest BCUT2D eigenvalue weighted by Gasteiger charge is -2.39. The number of aromatic nitrogens is 4. The summed E-state index contributed by atoms with van der Waals surface area (Å²) in [6.07, 6.45) is 7.78. The summed E-state index contributed by atoms with van der Waals surface area (Å²) in [5, 5.41) is 0. The number of methoxy groups -OCH3 is 1. The van der Waals surface area contributed by atoms with Crippen LogP contribution < -0.4 is 15.2 Å². The van der Waals surface area contributed by atoms with Crippen LogP contribution in [0.3, 0.4) is 0 Å². The first-order chi connectivity index (χ1) is 13.2. The lowest BCUT2D eigenvalue weighted by Crippen LogP contribution is -2.46. The van der Waals surface area contributed by atoms with E-state index in [-0.39, 0.29) is 5.56 Å². The second-order valence-corrected chi connectivity index (χ2v) is 7.32. The van der Waals surface area contributed by atoms with E-state index < -0.39 is 0 Å². The second kappa shape index (κ2) is 7.64. The Bertz CT molecular complexity index is 842. The van der Waals surface area contributed by atoms with E-state index in [0.29, 0.717) is 24.5 Å². The number of anilines is 1. The van der Waals surface area contributed by atoms with E-state index >= 15 is 0 Å². The lowest BCUT2D eigenvalue weighted by atomic mass is 10.0. The number of rotatable bonds is 6. The van der Waals surface area contributed by atoms with Crippen molar-refractivity contribution in [2.75, 3.05) is 25.1 Å². The molecule has 2 aromatic heterocycles. The molecule has 2 aromatic rings. The van der Waals surface area contributed by atoms with Gasteiger partial charge in [0.25, 0.3) is 5.56 Å². The van der Waals surface area contributed by atoms with Gasteiger partial charge in [-0.3, -0.25) is 14.3 Å². The third-order valence-corrected chi connectivity index (χ3v) is 5.52. The summed E-state index contributed by atoms with van der Waals surface area (Å²) in [6, 6.07) is 4.49. The molecule has 4 rings (SSSR count). The number of hydrogen-bond donors (Lipinski definition) is 0. The van der Waals surface area contributed by atoms with Crippen molar-refractivity contribution in [3.8, 4) is 5.88 Å². The highest BCUT2D eigenvalue weighted by Gasteiger charge is 2.36. The van der Waals surface area contributed by atoms with Crippen molar-refractivity contribution in [1.29, 1.82) is 0 Å². The molecule has 27 heavy (non-hydrogen) atoms. The van der Waals surface area contributed by atoms with Crippen LogP contribution in [0.15, 0.2) is 29.5 Å². The van der Waals surface area contributed by atoms with Crippen molar-refractivity contribution in [3.05, 3.63) is 40.8 Å². The van der Waals surface area contributed by atoms with Crippen molar-refractivity contribution < 1.29 is 4.74 Å². The van der Waals surface area contributed by atoms with Gasteiger partial charge in [-0.05, 0) is 25.7 Å². The topological polar surface area (TPSA) is 76.4 Å². The highest BCUT2D eigenvalue weighted by Crippen LogP contribution is 2.36. The van der Waals surface area contributed by atoms with E-state index in [9.17, 15) is 4.79 Å². The van der Waals surface area contributed by atoms with Gasteiger partial charge >= 0.3 is 0 Å². The maximum Gasteiger partial charge on any atom is 0.253 e. The molecule has 0 atom stereocenters. The van der Waals surface area contributed by atoms with Crippen molar-refractivity contribution in [3.63, 3.8) is 0 Å². The Morgan fingerprint density at radius 2 is 1.89 bits per heavy atom. The van der Waals surface area contributed by atoms with Gasteiger partial charge in [0.05, 0.1) is 13.7 Å². The average molecular weight is 370 g/mol. The molecule has 0 spiro atoms. The number of nitrogens with zero attached hydrogens (tertiary/aromatic N) is 6. The maximum atomic E-state index is 11.8. The molecule has 2 aliphatic rings. The first kappa shape index (κ1) is 17.9. The zero-order valence-electron chi connectivity index (χ0n) is 15.9. The van der Waals surface area contributed by atoms with Crippen LogP contribution in [0, 0.1) is 0 Å². The quantitative estimate of drug-likeness (QED) is 0.756. The Morgan fingerprint density at radius 1 is 1.15 bits per heavy atom. The van der Waals surface area contributed by atoms with Gasteiger partial charge in [0, 0.05) is 50.6 Å². The van der Waals surface area contributed by atoms with Crippen molar-refractivity contribution in [2.24, 2.45) is 7.05 Å². The fourth-order valence-electron chi connectivity index (χ4n) is 3.82. The van der Waals surface area contributed by atoms with Gasteiger partial charge in [-0.25, -0.2) is 15.0 Å². The monoisotopic (exact) mass is 370 g/mol. The van der Waals surface area contributed by atoms with Gasteiger partial charge in [0.1, 0.15) is 18.0 Å². The van der Waals surface area contributed by atoms with Gasteiger partial charge in [-0.15, -0.1) is 0 Å². The molecule has 0 N–H and O–H groups in total. The van der Waals surface area contributed by atoms with Crippen LogP contribution in [-0.4, -0.2) is 56.7 Å². The molecular weight excluding hydrogens is 344 g/mol. The Kier molecular flexibility index (Phi) is 5.07. The molecule has 0 amide bonds. The highest BCUT2D eigenvalue weighted by atomic mass is 16.5. The summed E-state index contributed by atoms with van der Waals surface area (Å²) >= 11 is 0. The minimum atomic E-state index is -0.00694. The molecule has 1 saturated carbocycles. The molecule has 0 unspecified atom stereocenters. The third kappa shape index (κ3) is 3.95. The zero-order chi connectivity index (χ0) is 18.8. The van der Waals surface area contributed by atoms with E-state index in [4.69, 9.17) is 4.74 Å². The highest BCUT2D eigenvalue weighted by molar-refractivity contribution is 5.45. The Morgan fingerprint density at radius 3 is 2.59 bits per heavy atom. The Labute approximate surface area is 158 Å². The lowest BCUT2D eigenvalue weighted by molar-refractivity contribution is 0.193. The summed E-state index contributed by atoms with van der Waals surface area (Å²) in [7, 11) is 3.42. The summed E-state index contributed by atoms with van der Waals surface area (Å²) in [5.41, 5.74) is -0.00694. The predicted octanol–water partition coefficient (Wildman–Crippen LogP) is 1.21. The van der Waals surface area contributed by atoms with Crippen LogP contribution in [0.4, 0.5) is 5.82 Å². The molecule has 0 bridgehead atoms. The Hall–Kier alpha value is -2.48. The summed E-state index contributed by atoms with van der Waals surface area (Å²) in [4.78, 5) is 29.7. The minimum Gasteiger partial charge on any atom is -0.481 e. The second-order valence-electron chi connectivity index (χ2n) is 7.32. The van der Waals surface area contributed by atoms with Gasteiger partial charge in [0.15, 0.2) is 0 Å². The number of hydrogen-bond acceptors (Lipinski definition) is 7. The fourth-order valence-corrected chi connectivity index (χ4v) is 3.82. The van der Waals surface area contributed by atoms with Crippen LogP contribution >= 0.6 is 0 Å². The number of piperidine rings is 1. The smallest absolute Gasteiger partial charge is 0.253 e. The van der Waals surface area contributed by atoms with Crippen LogP contribution in [-0.2, 0) is 13.6 Å².